The zero-order chi connectivity index (χ0) is 10.6. The highest BCUT2D eigenvalue weighted by Crippen LogP contribution is 2.56. The molecule has 1 amide bonds. The van der Waals surface area contributed by atoms with Crippen LogP contribution in [0.1, 0.15) is 26.2 Å². The zero-order valence-electron chi connectivity index (χ0n) is 9.06. The Morgan fingerprint density at radius 2 is 2.07 bits per heavy atom. The van der Waals surface area contributed by atoms with Crippen molar-refractivity contribution in [1.29, 1.82) is 0 Å². The van der Waals surface area contributed by atoms with Crippen LogP contribution in [0.4, 0.5) is 0 Å². The zero-order valence-corrected chi connectivity index (χ0v) is 9.06. The molecule has 2 saturated carbocycles. The number of amides is 1. The molecule has 0 aromatic heterocycles. The molecule has 1 heterocycles. The molecule has 0 aromatic carbocycles. The van der Waals surface area contributed by atoms with Crippen LogP contribution in [-0.2, 0) is 9.59 Å². The number of carbonyl (C=O) groups is 2. The van der Waals surface area contributed by atoms with E-state index in [1.165, 1.54) is 19.3 Å². The highest BCUT2D eigenvalue weighted by atomic mass is 16.2. The fourth-order valence-corrected chi connectivity index (χ4v) is 4.32. The first-order valence-corrected chi connectivity index (χ1v) is 5.95. The molecule has 1 saturated heterocycles. The molecular weight excluding hydrogens is 190 g/mol. The summed E-state index contributed by atoms with van der Waals surface area (Å²) in [5, 5.41) is 0. The Bertz CT molecular complexity index is 315. The minimum absolute atomic E-state index is 0.0703. The van der Waals surface area contributed by atoms with E-state index >= 15 is 0 Å². The van der Waals surface area contributed by atoms with Gasteiger partial charge in [0.1, 0.15) is 6.29 Å². The van der Waals surface area contributed by atoms with Gasteiger partial charge in [0.15, 0.2) is 0 Å². The normalized spacial score (nSPS) is 47.0. The minimum Gasteiger partial charge on any atom is -0.333 e. The first-order chi connectivity index (χ1) is 7.22. The number of nitrogens with zero attached hydrogens (tertiary/aromatic N) is 1. The number of fused-ring (bicyclic) bond motifs is 5. The van der Waals surface area contributed by atoms with Gasteiger partial charge in [0.25, 0.3) is 0 Å². The average molecular weight is 207 g/mol. The highest BCUT2D eigenvalue weighted by Gasteiger charge is 2.56. The van der Waals surface area contributed by atoms with Gasteiger partial charge in [0.2, 0.25) is 5.91 Å². The SMILES string of the molecule is CC(=O)N1C[C@@H]2C3CCC(C3)[C@@H]2[C@H]1C=O. The third kappa shape index (κ3) is 1.12. The van der Waals surface area contributed by atoms with Gasteiger partial charge in [-0.2, -0.15) is 0 Å². The van der Waals surface area contributed by atoms with Gasteiger partial charge in [-0.05, 0) is 42.9 Å². The number of likely N-dealkylation sites (tertiary alicyclic amines) is 1. The van der Waals surface area contributed by atoms with Crippen LogP contribution in [0.25, 0.3) is 0 Å². The number of carbonyl (C=O) groups excluding carboxylic acids is 2. The third-order valence-electron chi connectivity index (χ3n) is 4.86. The van der Waals surface area contributed by atoms with Gasteiger partial charge in [-0.1, -0.05) is 0 Å². The average Bonchev–Trinajstić information content (AvgIpc) is 2.87. The fourth-order valence-electron chi connectivity index (χ4n) is 4.32. The molecule has 3 rings (SSSR count). The van der Waals surface area contributed by atoms with Crippen molar-refractivity contribution in [1.82, 2.24) is 4.90 Å². The van der Waals surface area contributed by atoms with Crippen molar-refractivity contribution in [2.75, 3.05) is 6.54 Å². The Hall–Kier alpha value is -0.860. The fraction of sp³-hybridized carbons (Fsp3) is 0.833. The molecule has 3 fully saturated rings. The maximum atomic E-state index is 11.4. The Kier molecular flexibility index (Phi) is 1.91. The quantitative estimate of drug-likeness (QED) is 0.603. The van der Waals surface area contributed by atoms with Crippen molar-refractivity contribution in [3.05, 3.63) is 0 Å². The largest absolute Gasteiger partial charge is 0.333 e. The summed E-state index contributed by atoms with van der Waals surface area (Å²) in [6.45, 7) is 2.42. The smallest absolute Gasteiger partial charge is 0.220 e. The second-order valence-corrected chi connectivity index (χ2v) is 5.37. The predicted molar refractivity (Wildman–Crippen MR) is 55.1 cm³/mol. The summed E-state index contributed by atoms with van der Waals surface area (Å²) >= 11 is 0. The lowest BCUT2D eigenvalue weighted by molar-refractivity contribution is -0.133. The molecule has 0 radical (unpaired) electrons. The third-order valence-corrected chi connectivity index (χ3v) is 4.86. The van der Waals surface area contributed by atoms with Gasteiger partial charge >= 0.3 is 0 Å². The highest BCUT2D eigenvalue weighted by molar-refractivity contribution is 5.78. The van der Waals surface area contributed by atoms with E-state index in [0.717, 1.165) is 24.7 Å². The maximum Gasteiger partial charge on any atom is 0.220 e. The van der Waals surface area contributed by atoms with Gasteiger partial charge in [0, 0.05) is 13.5 Å². The molecular formula is C12H17NO2. The molecule has 5 atom stereocenters. The lowest BCUT2D eigenvalue weighted by Gasteiger charge is -2.26. The van der Waals surface area contributed by atoms with Crippen molar-refractivity contribution in [3.8, 4) is 0 Å². The van der Waals surface area contributed by atoms with E-state index in [0.29, 0.717) is 11.8 Å². The minimum atomic E-state index is -0.109. The van der Waals surface area contributed by atoms with Crippen LogP contribution in [0.3, 0.4) is 0 Å². The molecule has 2 unspecified atom stereocenters. The first-order valence-electron chi connectivity index (χ1n) is 5.95. The van der Waals surface area contributed by atoms with Crippen LogP contribution in [0.15, 0.2) is 0 Å². The van der Waals surface area contributed by atoms with Crippen molar-refractivity contribution in [3.63, 3.8) is 0 Å². The maximum absolute atomic E-state index is 11.4. The first kappa shape index (κ1) is 9.37. The molecule has 82 valence electrons. The summed E-state index contributed by atoms with van der Waals surface area (Å²) in [7, 11) is 0. The summed E-state index contributed by atoms with van der Waals surface area (Å²) < 4.78 is 0. The molecule has 3 aliphatic rings. The Labute approximate surface area is 89.8 Å². The molecule has 15 heavy (non-hydrogen) atoms. The summed E-state index contributed by atoms with van der Waals surface area (Å²) in [6, 6.07) is -0.109. The Morgan fingerprint density at radius 1 is 1.33 bits per heavy atom. The molecule has 3 nitrogen and oxygen atoms in total. The summed E-state index contributed by atoms with van der Waals surface area (Å²) in [5.41, 5.74) is 0. The molecule has 0 aromatic rings. The van der Waals surface area contributed by atoms with Gasteiger partial charge in [-0.15, -0.1) is 0 Å². The second kappa shape index (κ2) is 3.06. The van der Waals surface area contributed by atoms with Crippen molar-refractivity contribution < 1.29 is 9.59 Å². The van der Waals surface area contributed by atoms with Crippen LogP contribution in [-0.4, -0.2) is 29.7 Å². The van der Waals surface area contributed by atoms with Crippen LogP contribution in [0.2, 0.25) is 0 Å². The predicted octanol–water partition coefficient (Wildman–Crippen LogP) is 1.08. The Morgan fingerprint density at radius 3 is 2.73 bits per heavy atom. The standard InChI is InChI=1S/C12H17NO2/c1-7(15)13-5-10-8-2-3-9(4-8)12(10)11(13)6-14/h6,8-12H,2-5H2,1H3/t8?,9?,10-,11-,12+/m1/s1. The number of rotatable bonds is 1. The van der Waals surface area contributed by atoms with Crippen molar-refractivity contribution in [2.45, 2.75) is 32.2 Å². The van der Waals surface area contributed by atoms with E-state index in [-0.39, 0.29) is 11.9 Å². The van der Waals surface area contributed by atoms with Crippen LogP contribution < -0.4 is 0 Å². The Balaban J connectivity index is 1.90. The van der Waals surface area contributed by atoms with Crippen LogP contribution in [0, 0.1) is 23.7 Å². The summed E-state index contributed by atoms with van der Waals surface area (Å²) in [5.74, 6) is 2.71. The van der Waals surface area contributed by atoms with Gasteiger partial charge < -0.3 is 9.69 Å². The van der Waals surface area contributed by atoms with Gasteiger partial charge in [-0.3, -0.25) is 4.79 Å². The molecule has 0 spiro atoms. The monoisotopic (exact) mass is 207 g/mol. The van der Waals surface area contributed by atoms with Gasteiger partial charge in [0.05, 0.1) is 6.04 Å². The number of hydrogen-bond acceptors (Lipinski definition) is 2. The van der Waals surface area contributed by atoms with Crippen molar-refractivity contribution in [2.24, 2.45) is 23.7 Å². The molecule has 3 heteroatoms. The summed E-state index contributed by atoms with van der Waals surface area (Å²) in [6.07, 6.45) is 4.92. The van der Waals surface area contributed by atoms with Crippen LogP contribution in [0.5, 0.6) is 0 Å². The van der Waals surface area contributed by atoms with E-state index < -0.39 is 0 Å². The van der Waals surface area contributed by atoms with Gasteiger partial charge in [-0.25, -0.2) is 0 Å². The van der Waals surface area contributed by atoms with E-state index in [1.54, 1.807) is 11.8 Å². The van der Waals surface area contributed by atoms with E-state index in [4.69, 9.17) is 0 Å². The molecule has 2 aliphatic carbocycles. The van der Waals surface area contributed by atoms with Crippen molar-refractivity contribution >= 4 is 12.2 Å². The van der Waals surface area contributed by atoms with E-state index in [9.17, 15) is 9.59 Å². The topological polar surface area (TPSA) is 37.4 Å². The molecule has 1 aliphatic heterocycles. The lowest BCUT2D eigenvalue weighted by atomic mass is 9.79. The molecule has 0 N–H and O–H groups in total. The lowest BCUT2D eigenvalue weighted by Crippen LogP contribution is -2.39. The van der Waals surface area contributed by atoms with Crippen LogP contribution >= 0.6 is 0 Å². The summed E-state index contributed by atoms with van der Waals surface area (Å²) in [4.78, 5) is 24.4. The van der Waals surface area contributed by atoms with E-state index in [2.05, 4.69) is 0 Å². The molecule has 2 bridgehead atoms. The second-order valence-electron chi connectivity index (χ2n) is 5.37. The van der Waals surface area contributed by atoms with E-state index in [1.807, 2.05) is 0 Å². The number of hydrogen-bond donors (Lipinski definition) is 0. The number of aldehydes is 1.